The molecule has 0 saturated carbocycles. The minimum atomic E-state index is -4.10. The maximum absolute atomic E-state index is 13.4. The van der Waals surface area contributed by atoms with Crippen molar-refractivity contribution in [3.8, 4) is 11.3 Å². The van der Waals surface area contributed by atoms with Gasteiger partial charge in [0.2, 0.25) is 0 Å². The van der Waals surface area contributed by atoms with E-state index in [1.165, 1.54) is 30.5 Å². The van der Waals surface area contributed by atoms with Crippen molar-refractivity contribution in [2.24, 2.45) is 5.10 Å². The van der Waals surface area contributed by atoms with Crippen LogP contribution in [0.15, 0.2) is 99.3 Å². The van der Waals surface area contributed by atoms with Gasteiger partial charge in [-0.05, 0) is 61.0 Å². The Bertz CT molecular complexity index is 1600. The van der Waals surface area contributed by atoms with Crippen LogP contribution in [-0.2, 0) is 14.8 Å². The number of sulfonamides is 1. The highest BCUT2D eigenvalue weighted by Crippen LogP contribution is 2.30. The second-order valence-electron chi connectivity index (χ2n) is 8.01. The number of hydrazone groups is 1. The van der Waals surface area contributed by atoms with Gasteiger partial charge in [0, 0.05) is 22.7 Å². The van der Waals surface area contributed by atoms with E-state index in [1.807, 2.05) is 0 Å². The van der Waals surface area contributed by atoms with Gasteiger partial charge >= 0.3 is 0 Å². The maximum atomic E-state index is 13.4. The number of rotatable bonds is 9. The van der Waals surface area contributed by atoms with E-state index in [1.54, 1.807) is 67.6 Å². The molecule has 0 bridgehead atoms. The number of carbonyl (C=O) groups excluding carboxylic acids is 1. The smallest absolute Gasteiger partial charge is 0.269 e. The van der Waals surface area contributed by atoms with E-state index in [0.29, 0.717) is 27.7 Å². The highest BCUT2D eigenvalue weighted by Gasteiger charge is 2.28. The van der Waals surface area contributed by atoms with Gasteiger partial charge in [-0.3, -0.25) is 19.2 Å². The highest BCUT2D eigenvalue weighted by molar-refractivity contribution is 7.92. The lowest BCUT2D eigenvalue weighted by atomic mass is 10.1. The lowest BCUT2D eigenvalue weighted by molar-refractivity contribution is -0.384. The third-order valence-corrected chi connectivity index (χ3v) is 7.68. The van der Waals surface area contributed by atoms with Crippen LogP contribution >= 0.6 is 11.6 Å². The second kappa shape index (κ2) is 11.3. The van der Waals surface area contributed by atoms with E-state index < -0.39 is 27.4 Å². The molecule has 0 atom stereocenters. The second-order valence-corrected chi connectivity index (χ2v) is 10.3. The number of nitro groups is 1. The summed E-state index contributed by atoms with van der Waals surface area (Å²) in [5, 5.41) is 15.0. The van der Waals surface area contributed by atoms with E-state index in [-0.39, 0.29) is 16.3 Å². The van der Waals surface area contributed by atoms with Gasteiger partial charge in [-0.2, -0.15) is 5.10 Å². The molecule has 1 N–H and O–H groups in total. The lowest BCUT2D eigenvalue weighted by Crippen LogP contribution is -2.40. The first-order valence-corrected chi connectivity index (χ1v) is 13.0. The summed E-state index contributed by atoms with van der Waals surface area (Å²) in [5.74, 6) is 0.0598. The Morgan fingerprint density at radius 3 is 2.45 bits per heavy atom. The molecule has 1 heterocycles. The van der Waals surface area contributed by atoms with Gasteiger partial charge in [0.1, 0.15) is 18.1 Å². The van der Waals surface area contributed by atoms with Crippen LogP contribution in [0.5, 0.6) is 0 Å². The molecule has 0 aliphatic heterocycles. The van der Waals surface area contributed by atoms with Crippen LogP contribution in [0.1, 0.15) is 11.3 Å². The van der Waals surface area contributed by atoms with Crippen LogP contribution in [0, 0.1) is 17.0 Å². The summed E-state index contributed by atoms with van der Waals surface area (Å²) in [5.41, 5.74) is 3.66. The first kappa shape index (κ1) is 26.6. The molecule has 0 spiro atoms. The number of benzene rings is 3. The molecule has 12 heteroatoms. The average Bonchev–Trinajstić information content (AvgIpc) is 3.38. The van der Waals surface area contributed by atoms with E-state index in [2.05, 4.69) is 10.5 Å². The number of amides is 1. The van der Waals surface area contributed by atoms with Crippen LogP contribution in [0.25, 0.3) is 11.3 Å². The Kier molecular flexibility index (Phi) is 7.89. The maximum Gasteiger partial charge on any atom is 0.269 e. The number of anilines is 1. The van der Waals surface area contributed by atoms with Gasteiger partial charge in [-0.25, -0.2) is 13.8 Å². The SMILES string of the molecule is Cc1c(Cl)cccc1N(CC(=O)N/N=C\c1ccc(-c2ccc([N+](=O)[O-])cc2)o1)S(=O)(=O)c1ccccc1. The first-order chi connectivity index (χ1) is 18.2. The molecule has 0 aliphatic rings. The Morgan fingerprint density at radius 1 is 1.05 bits per heavy atom. The summed E-state index contributed by atoms with van der Waals surface area (Å²) >= 11 is 6.22. The van der Waals surface area contributed by atoms with Gasteiger partial charge in [0.25, 0.3) is 21.6 Å². The van der Waals surface area contributed by atoms with Crippen molar-refractivity contribution >= 4 is 45.1 Å². The number of nitro benzene ring substituents is 1. The number of carbonyl (C=O) groups is 1. The number of halogens is 1. The number of non-ortho nitro benzene ring substituents is 1. The van der Waals surface area contributed by atoms with Crippen LogP contribution in [0.2, 0.25) is 5.02 Å². The molecule has 0 aliphatic carbocycles. The largest absolute Gasteiger partial charge is 0.455 e. The Morgan fingerprint density at radius 2 is 1.76 bits per heavy atom. The predicted octanol–water partition coefficient (Wildman–Crippen LogP) is 5.16. The molecule has 1 aromatic heterocycles. The van der Waals surface area contributed by atoms with Gasteiger partial charge in [-0.1, -0.05) is 35.9 Å². The Hall–Kier alpha value is -4.48. The van der Waals surface area contributed by atoms with E-state index in [0.717, 1.165) is 4.31 Å². The van der Waals surface area contributed by atoms with Crippen molar-refractivity contribution in [2.45, 2.75) is 11.8 Å². The first-order valence-electron chi connectivity index (χ1n) is 11.2. The van der Waals surface area contributed by atoms with E-state index in [4.69, 9.17) is 16.0 Å². The number of hydrogen-bond donors (Lipinski definition) is 1. The molecule has 4 rings (SSSR count). The number of nitrogens with one attached hydrogen (secondary N) is 1. The standard InChI is InChI=1S/C26H21ClN4O6S/c1-18-23(27)8-5-9-24(18)30(38(35,36)22-6-3-2-4-7-22)17-26(32)29-28-16-21-14-15-25(37-21)19-10-12-20(13-11-19)31(33)34/h2-16H,17H2,1H3,(H,29,32)/b28-16-. The number of furan rings is 1. The minimum absolute atomic E-state index is 0.0186. The quantitative estimate of drug-likeness (QED) is 0.173. The zero-order valence-corrected chi connectivity index (χ0v) is 21.5. The molecule has 194 valence electrons. The normalized spacial score (nSPS) is 11.4. The minimum Gasteiger partial charge on any atom is -0.455 e. The molecule has 0 unspecified atom stereocenters. The monoisotopic (exact) mass is 552 g/mol. The predicted molar refractivity (Wildman–Crippen MR) is 144 cm³/mol. The third-order valence-electron chi connectivity index (χ3n) is 5.50. The third kappa shape index (κ3) is 5.90. The molecular formula is C26H21ClN4O6S. The molecule has 38 heavy (non-hydrogen) atoms. The summed E-state index contributed by atoms with van der Waals surface area (Å²) in [6.45, 7) is 1.11. The Balaban J connectivity index is 1.50. The summed E-state index contributed by atoms with van der Waals surface area (Å²) in [6.07, 6.45) is 1.26. The van der Waals surface area contributed by atoms with Gasteiger partial charge in [0.05, 0.1) is 21.7 Å². The lowest BCUT2D eigenvalue weighted by Gasteiger charge is -2.25. The molecule has 0 fully saturated rings. The van der Waals surface area contributed by atoms with Gasteiger partial charge in [-0.15, -0.1) is 0 Å². The molecule has 4 aromatic rings. The fourth-order valence-electron chi connectivity index (χ4n) is 3.54. The fourth-order valence-corrected chi connectivity index (χ4v) is 5.21. The van der Waals surface area contributed by atoms with Crippen molar-refractivity contribution in [1.29, 1.82) is 0 Å². The van der Waals surface area contributed by atoms with E-state index in [9.17, 15) is 23.3 Å². The summed E-state index contributed by atoms with van der Waals surface area (Å²) in [7, 11) is -4.10. The molecule has 3 aromatic carbocycles. The number of hydrogen-bond acceptors (Lipinski definition) is 7. The molecule has 1 amide bonds. The topological polar surface area (TPSA) is 135 Å². The van der Waals surface area contributed by atoms with Crippen molar-refractivity contribution in [1.82, 2.24) is 5.43 Å². The van der Waals surface area contributed by atoms with Crippen LogP contribution in [0.4, 0.5) is 11.4 Å². The van der Waals surface area contributed by atoms with Crippen molar-refractivity contribution in [2.75, 3.05) is 10.8 Å². The summed E-state index contributed by atoms with van der Waals surface area (Å²) < 4.78 is 33.5. The van der Waals surface area contributed by atoms with Crippen molar-refractivity contribution in [3.05, 3.63) is 111 Å². The highest BCUT2D eigenvalue weighted by atomic mass is 35.5. The van der Waals surface area contributed by atoms with Gasteiger partial charge in [0.15, 0.2) is 0 Å². The van der Waals surface area contributed by atoms with Crippen LogP contribution in [0.3, 0.4) is 0 Å². The number of nitrogens with zero attached hydrogens (tertiary/aromatic N) is 3. The summed E-state index contributed by atoms with van der Waals surface area (Å²) in [4.78, 5) is 23.1. The Labute approximate surface area is 223 Å². The zero-order valence-electron chi connectivity index (χ0n) is 19.9. The molecule has 0 saturated heterocycles. The van der Waals surface area contributed by atoms with E-state index >= 15 is 0 Å². The molecule has 0 radical (unpaired) electrons. The molecule has 10 nitrogen and oxygen atoms in total. The van der Waals surface area contributed by atoms with Crippen molar-refractivity contribution in [3.63, 3.8) is 0 Å². The molecular weight excluding hydrogens is 532 g/mol. The average molecular weight is 553 g/mol. The van der Waals surface area contributed by atoms with Crippen LogP contribution < -0.4 is 9.73 Å². The summed E-state index contributed by atoms with van der Waals surface area (Å²) in [6, 6.07) is 21.7. The van der Waals surface area contributed by atoms with Gasteiger partial charge < -0.3 is 4.42 Å². The van der Waals surface area contributed by atoms with Crippen molar-refractivity contribution < 1.29 is 22.6 Å². The van der Waals surface area contributed by atoms with Crippen LogP contribution in [-0.4, -0.2) is 32.0 Å². The fraction of sp³-hybridized carbons (Fsp3) is 0.0769. The zero-order chi connectivity index (χ0) is 27.3.